The second-order valence-electron chi connectivity index (χ2n) is 3.89. The number of carbonyl (C=O) groups excluding carboxylic acids is 1. The molecule has 1 N–H and O–H groups in total. The second kappa shape index (κ2) is 6.18. The summed E-state index contributed by atoms with van der Waals surface area (Å²) in [6.45, 7) is 4.17. The van der Waals surface area contributed by atoms with Crippen molar-refractivity contribution >= 4 is 11.5 Å². The van der Waals surface area contributed by atoms with Gasteiger partial charge >= 0.3 is 0 Å². The average molecular weight is 219 g/mol. The van der Waals surface area contributed by atoms with Gasteiger partial charge in [-0.3, -0.25) is 4.79 Å². The van der Waals surface area contributed by atoms with E-state index in [0.717, 1.165) is 5.56 Å². The molecular formula is C13H17NO2. The van der Waals surface area contributed by atoms with E-state index >= 15 is 0 Å². The maximum Gasteiger partial charge on any atom is 0.181 e. The van der Waals surface area contributed by atoms with Crippen molar-refractivity contribution in [3.8, 4) is 0 Å². The molecule has 0 heterocycles. The van der Waals surface area contributed by atoms with Crippen LogP contribution in [-0.2, 0) is 16.1 Å². The van der Waals surface area contributed by atoms with Crippen LogP contribution in [0.4, 0.5) is 0 Å². The number of Topliss-reactive ketones (excluding diaryl/α,β-unsaturated/α-hetero) is 1. The van der Waals surface area contributed by atoms with Crippen molar-refractivity contribution in [3.05, 3.63) is 35.9 Å². The SMILES string of the molecule is CC(=N)C(=O)C(C)COCc1ccccc1. The monoisotopic (exact) mass is 219 g/mol. The molecule has 0 aromatic heterocycles. The Morgan fingerprint density at radius 3 is 2.56 bits per heavy atom. The normalized spacial score (nSPS) is 12.1. The summed E-state index contributed by atoms with van der Waals surface area (Å²) in [7, 11) is 0. The lowest BCUT2D eigenvalue weighted by atomic mass is 10.0. The van der Waals surface area contributed by atoms with Crippen LogP contribution in [0.3, 0.4) is 0 Å². The van der Waals surface area contributed by atoms with E-state index < -0.39 is 0 Å². The summed E-state index contributed by atoms with van der Waals surface area (Å²) in [6.07, 6.45) is 0. The summed E-state index contributed by atoms with van der Waals surface area (Å²) >= 11 is 0. The molecule has 0 aliphatic heterocycles. The van der Waals surface area contributed by atoms with Gasteiger partial charge in [0.1, 0.15) is 0 Å². The largest absolute Gasteiger partial charge is 0.376 e. The summed E-state index contributed by atoms with van der Waals surface area (Å²) in [5, 5.41) is 7.23. The molecule has 0 saturated carbocycles. The number of ketones is 1. The van der Waals surface area contributed by atoms with Crippen LogP contribution >= 0.6 is 0 Å². The van der Waals surface area contributed by atoms with Crippen molar-refractivity contribution in [1.82, 2.24) is 0 Å². The molecule has 0 aliphatic rings. The highest BCUT2D eigenvalue weighted by Crippen LogP contribution is 2.04. The molecule has 1 atom stereocenters. The lowest BCUT2D eigenvalue weighted by molar-refractivity contribution is -0.118. The Hall–Kier alpha value is -1.48. The van der Waals surface area contributed by atoms with Crippen LogP contribution in [0.2, 0.25) is 0 Å². The molecule has 3 heteroatoms. The van der Waals surface area contributed by atoms with Gasteiger partial charge in [-0.2, -0.15) is 0 Å². The highest BCUT2D eigenvalue weighted by atomic mass is 16.5. The Morgan fingerprint density at radius 2 is 2.00 bits per heavy atom. The van der Waals surface area contributed by atoms with E-state index in [4.69, 9.17) is 10.1 Å². The second-order valence-corrected chi connectivity index (χ2v) is 3.89. The van der Waals surface area contributed by atoms with Crippen molar-refractivity contribution in [2.75, 3.05) is 6.61 Å². The van der Waals surface area contributed by atoms with Crippen LogP contribution in [0.5, 0.6) is 0 Å². The molecule has 1 unspecified atom stereocenters. The summed E-state index contributed by atoms with van der Waals surface area (Å²) in [5.41, 5.74) is 1.18. The first-order valence-corrected chi connectivity index (χ1v) is 5.32. The fourth-order valence-electron chi connectivity index (χ4n) is 1.37. The third-order valence-electron chi connectivity index (χ3n) is 2.30. The maximum absolute atomic E-state index is 11.4. The van der Waals surface area contributed by atoms with Gasteiger partial charge in [0.25, 0.3) is 0 Å². The molecule has 3 nitrogen and oxygen atoms in total. The molecule has 86 valence electrons. The van der Waals surface area contributed by atoms with Gasteiger partial charge in [0.15, 0.2) is 5.78 Å². The van der Waals surface area contributed by atoms with E-state index in [0.29, 0.717) is 13.2 Å². The van der Waals surface area contributed by atoms with E-state index in [-0.39, 0.29) is 17.4 Å². The number of benzene rings is 1. The summed E-state index contributed by atoms with van der Waals surface area (Å²) < 4.78 is 5.44. The van der Waals surface area contributed by atoms with E-state index in [1.165, 1.54) is 6.92 Å². The number of hydrogen-bond donors (Lipinski definition) is 1. The van der Waals surface area contributed by atoms with Crippen LogP contribution < -0.4 is 0 Å². The van der Waals surface area contributed by atoms with Gasteiger partial charge in [-0.15, -0.1) is 0 Å². The quantitative estimate of drug-likeness (QED) is 0.747. The number of rotatable bonds is 6. The van der Waals surface area contributed by atoms with Gasteiger partial charge in [-0.05, 0) is 12.5 Å². The van der Waals surface area contributed by atoms with Crippen molar-refractivity contribution in [2.24, 2.45) is 5.92 Å². The molecule has 16 heavy (non-hydrogen) atoms. The highest BCUT2D eigenvalue weighted by molar-refractivity contribution is 6.38. The van der Waals surface area contributed by atoms with Crippen LogP contribution in [-0.4, -0.2) is 18.1 Å². The van der Waals surface area contributed by atoms with E-state index in [1.807, 2.05) is 30.3 Å². The zero-order valence-electron chi connectivity index (χ0n) is 9.69. The Balaban J connectivity index is 2.31. The standard InChI is InChI=1S/C13H17NO2/c1-10(13(15)11(2)14)8-16-9-12-6-4-3-5-7-12/h3-7,10,14H,8-9H2,1-2H3. The van der Waals surface area contributed by atoms with Crippen molar-refractivity contribution in [1.29, 1.82) is 5.41 Å². The minimum atomic E-state index is -0.235. The van der Waals surface area contributed by atoms with Gasteiger partial charge in [0.05, 0.1) is 18.9 Å². The topological polar surface area (TPSA) is 50.2 Å². The number of carbonyl (C=O) groups is 1. The molecule has 0 spiro atoms. The molecule has 0 amide bonds. The van der Waals surface area contributed by atoms with Gasteiger partial charge in [0.2, 0.25) is 0 Å². The number of hydrogen-bond acceptors (Lipinski definition) is 3. The molecule has 0 aliphatic carbocycles. The Labute approximate surface area is 95.9 Å². The molecule has 0 radical (unpaired) electrons. The first kappa shape index (κ1) is 12.6. The maximum atomic E-state index is 11.4. The van der Waals surface area contributed by atoms with Crippen LogP contribution in [0.15, 0.2) is 30.3 Å². The summed E-state index contributed by atoms with van der Waals surface area (Å²) in [4.78, 5) is 11.4. The fourth-order valence-corrected chi connectivity index (χ4v) is 1.37. The van der Waals surface area contributed by atoms with E-state index in [2.05, 4.69) is 0 Å². The van der Waals surface area contributed by atoms with Gasteiger partial charge < -0.3 is 10.1 Å². The predicted octanol–water partition coefficient (Wildman–Crippen LogP) is 2.45. The van der Waals surface area contributed by atoms with Crippen molar-refractivity contribution in [3.63, 3.8) is 0 Å². The minimum absolute atomic E-state index is 0.0933. The smallest absolute Gasteiger partial charge is 0.181 e. The molecule has 1 rings (SSSR count). The molecular weight excluding hydrogens is 202 g/mol. The third-order valence-corrected chi connectivity index (χ3v) is 2.30. The first-order valence-electron chi connectivity index (χ1n) is 5.32. The zero-order valence-corrected chi connectivity index (χ0v) is 9.69. The summed E-state index contributed by atoms with van der Waals surface area (Å²) in [6, 6.07) is 9.82. The Morgan fingerprint density at radius 1 is 1.38 bits per heavy atom. The van der Waals surface area contributed by atoms with E-state index in [1.54, 1.807) is 6.92 Å². The zero-order chi connectivity index (χ0) is 12.0. The molecule has 0 saturated heterocycles. The average Bonchev–Trinajstić information content (AvgIpc) is 2.29. The highest BCUT2D eigenvalue weighted by Gasteiger charge is 2.14. The van der Waals surface area contributed by atoms with Crippen molar-refractivity contribution in [2.45, 2.75) is 20.5 Å². The first-order chi connectivity index (χ1) is 7.61. The third kappa shape index (κ3) is 3.95. The van der Waals surface area contributed by atoms with E-state index in [9.17, 15) is 4.79 Å². The minimum Gasteiger partial charge on any atom is -0.376 e. The molecule has 1 aromatic rings. The van der Waals surface area contributed by atoms with Gasteiger partial charge in [-0.25, -0.2) is 0 Å². The van der Waals surface area contributed by atoms with Crippen molar-refractivity contribution < 1.29 is 9.53 Å². The molecule has 0 fully saturated rings. The predicted molar refractivity (Wildman–Crippen MR) is 63.7 cm³/mol. The van der Waals surface area contributed by atoms with Crippen LogP contribution in [0.1, 0.15) is 19.4 Å². The summed E-state index contributed by atoms with van der Waals surface area (Å²) in [5.74, 6) is -0.380. The fraction of sp³-hybridized carbons (Fsp3) is 0.385. The number of nitrogens with one attached hydrogen (secondary N) is 1. The lowest BCUT2D eigenvalue weighted by Crippen LogP contribution is -2.22. The molecule has 0 bridgehead atoms. The number of ether oxygens (including phenoxy) is 1. The lowest BCUT2D eigenvalue weighted by Gasteiger charge is -2.10. The van der Waals surface area contributed by atoms with Crippen LogP contribution in [0.25, 0.3) is 0 Å². The van der Waals surface area contributed by atoms with Gasteiger partial charge in [0, 0.05) is 5.92 Å². The molecule has 1 aromatic carbocycles. The Kier molecular flexibility index (Phi) is 4.86. The Bertz CT molecular complexity index is 359. The van der Waals surface area contributed by atoms with Gasteiger partial charge in [-0.1, -0.05) is 37.3 Å². The van der Waals surface area contributed by atoms with Crippen LogP contribution in [0, 0.1) is 11.3 Å².